The molecule has 2 rings (SSSR count). The lowest BCUT2D eigenvalue weighted by Crippen LogP contribution is -1.93. The highest BCUT2D eigenvalue weighted by Crippen LogP contribution is 2.24. The van der Waals surface area contributed by atoms with E-state index < -0.39 is 0 Å². The molecule has 0 fully saturated rings. The van der Waals surface area contributed by atoms with E-state index in [2.05, 4.69) is 0 Å². The van der Waals surface area contributed by atoms with Crippen LogP contribution in [0, 0.1) is 0 Å². The summed E-state index contributed by atoms with van der Waals surface area (Å²) in [6.45, 7) is 0.437. The predicted octanol–water partition coefficient (Wildman–Crippen LogP) is 3.48. The molecule has 0 unspecified atom stereocenters. The number of benzene rings is 2. The first kappa shape index (κ1) is 11.3. The second kappa shape index (κ2) is 5.75. The molecule has 2 aromatic carbocycles. The number of rotatable bonds is 4. The van der Waals surface area contributed by atoms with E-state index in [0.29, 0.717) is 12.4 Å². The molecule has 1 N–H and O–H groups in total. The molecule has 17 heavy (non-hydrogen) atoms. The average molecular weight is 226 g/mol. The Morgan fingerprint density at radius 3 is 2.41 bits per heavy atom. The van der Waals surface area contributed by atoms with Crippen molar-refractivity contribution in [2.75, 3.05) is 6.61 Å². The largest absolute Gasteiger partial charge is 0.504 e. The maximum Gasteiger partial charge on any atom is 0.161 e. The molecule has 0 radical (unpaired) electrons. The van der Waals surface area contributed by atoms with Crippen LogP contribution in [-0.4, -0.2) is 11.7 Å². The monoisotopic (exact) mass is 226 g/mol. The molecule has 0 aliphatic heterocycles. The first-order valence-corrected chi connectivity index (χ1v) is 5.48. The van der Waals surface area contributed by atoms with E-state index in [1.807, 2.05) is 48.6 Å². The Hall–Kier alpha value is -2.22. The molecule has 2 nitrogen and oxygen atoms in total. The van der Waals surface area contributed by atoms with Gasteiger partial charge in [-0.15, -0.1) is 0 Å². The van der Waals surface area contributed by atoms with Crippen molar-refractivity contribution in [3.63, 3.8) is 0 Å². The highest BCUT2D eigenvalue weighted by atomic mass is 16.5. The summed E-state index contributed by atoms with van der Waals surface area (Å²) in [6, 6.07) is 17.0. The number of phenols is 1. The van der Waals surface area contributed by atoms with Crippen molar-refractivity contribution in [1.29, 1.82) is 0 Å². The topological polar surface area (TPSA) is 29.5 Å². The van der Waals surface area contributed by atoms with E-state index >= 15 is 0 Å². The first-order valence-electron chi connectivity index (χ1n) is 5.48. The molecule has 0 heterocycles. The van der Waals surface area contributed by atoms with Crippen molar-refractivity contribution >= 4 is 6.08 Å². The Bertz CT molecular complexity index is 489. The number of ether oxygens (including phenoxy) is 1. The van der Waals surface area contributed by atoms with Crippen LogP contribution >= 0.6 is 0 Å². The predicted molar refractivity (Wildman–Crippen MR) is 69.1 cm³/mol. The molecular weight excluding hydrogens is 212 g/mol. The Morgan fingerprint density at radius 2 is 1.65 bits per heavy atom. The fourth-order valence-corrected chi connectivity index (χ4v) is 1.47. The van der Waals surface area contributed by atoms with Crippen LogP contribution in [0.15, 0.2) is 60.7 Å². The zero-order chi connectivity index (χ0) is 11.9. The lowest BCUT2D eigenvalue weighted by molar-refractivity contribution is 0.336. The highest BCUT2D eigenvalue weighted by molar-refractivity contribution is 5.48. The van der Waals surface area contributed by atoms with Gasteiger partial charge in [-0.2, -0.15) is 0 Å². The Morgan fingerprint density at radius 1 is 0.941 bits per heavy atom. The van der Waals surface area contributed by atoms with Crippen LogP contribution in [0.2, 0.25) is 0 Å². The number of aromatic hydroxyl groups is 1. The molecule has 0 bridgehead atoms. The van der Waals surface area contributed by atoms with Crippen molar-refractivity contribution < 1.29 is 9.84 Å². The molecule has 0 spiro atoms. The summed E-state index contributed by atoms with van der Waals surface area (Å²) in [5.41, 5.74) is 1.13. The smallest absolute Gasteiger partial charge is 0.161 e. The molecular formula is C15H14O2. The minimum atomic E-state index is 0.167. The number of hydrogen-bond donors (Lipinski definition) is 1. The quantitative estimate of drug-likeness (QED) is 0.864. The third-order valence-corrected chi connectivity index (χ3v) is 2.31. The summed E-state index contributed by atoms with van der Waals surface area (Å²) < 4.78 is 5.42. The lowest BCUT2D eigenvalue weighted by Gasteiger charge is -2.04. The highest BCUT2D eigenvalue weighted by Gasteiger charge is 1.97. The summed E-state index contributed by atoms with van der Waals surface area (Å²) in [7, 11) is 0. The Kier molecular flexibility index (Phi) is 3.81. The van der Waals surface area contributed by atoms with Crippen molar-refractivity contribution in [1.82, 2.24) is 0 Å². The molecule has 2 heteroatoms. The molecule has 0 amide bonds. The second-order valence-electron chi connectivity index (χ2n) is 3.59. The van der Waals surface area contributed by atoms with Crippen LogP contribution in [0.4, 0.5) is 0 Å². The van der Waals surface area contributed by atoms with Gasteiger partial charge in [0.15, 0.2) is 11.5 Å². The normalized spacial score (nSPS) is 10.6. The van der Waals surface area contributed by atoms with Crippen LogP contribution in [0.5, 0.6) is 11.5 Å². The van der Waals surface area contributed by atoms with Crippen LogP contribution in [0.3, 0.4) is 0 Å². The maximum absolute atomic E-state index is 9.48. The SMILES string of the molecule is Oc1ccccc1OC/C=C/c1ccccc1. The van der Waals surface area contributed by atoms with Crippen LogP contribution in [-0.2, 0) is 0 Å². The van der Waals surface area contributed by atoms with E-state index in [9.17, 15) is 5.11 Å². The zero-order valence-corrected chi connectivity index (χ0v) is 9.41. The van der Waals surface area contributed by atoms with Gasteiger partial charge < -0.3 is 9.84 Å². The van der Waals surface area contributed by atoms with E-state index in [1.54, 1.807) is 18.2 Å². The van der Waals surface area contributed by atoms with Crippen LogP contribution in [0.25, 0.3) is 6.08 Å². The molecule has 0 aliphatic rings. The fraction of sp³-hybridized carbons (Fsp3) is 0.0667. The van der Waals surface area contributed by atoms with Crippen molar-refractivity contribution in [2.45, 2.75) is 0 Å². The molecule has 0 saturated heterocycles. The van der Waals surface area contributed by atoms with Gasteiger partial charge in [-0.05, 0) is 23.8 Å². The second-order valence-corrected chi connectivity index (χ2v) is 3.59. The lowest BCUT2D eigenvalue weighted by atomic mass is 10.2. The first-order chi connectivity index (χ1) is 8.36. The Labute approximate surface area is 101 Å². The summed E-state index contributed by atoms with van der Waals surface area (Å²) in [6.07, 6.45) is 3.90. The Balaban J connectivity index is 1.88. The summed E-state index contributed by atoms with van der Waals surface area (Å²) >= 11 is 0. The summed E-state index contributed by atoms with van der Waals surface area (Å²) in [5, 5.41) is 9.48. The van der Waals surface area contributed by atoms with E-state index in [1.165, 1.54) is 0 Å². The number of hydrogen-bond acceptors (Lipinski definition) is 2. The van der Waals surface area contributed by atoms with Crippen molar-refractivity contribution in [3.8, 4) is 11.5 Å². The molecule has 0 saturated carbocycles. The van der Waals surface area contributed by atoms with Gasteiger partial charge in [0, 0.05) is 0 Å². The minimum absolute atomic E-state index is 0.167. The van der Waals surface area contributed by atoms with Gasteiger partial charge >= 0.3 is 0 Å². The molecule has 0 atom stereocenters. The van der Waals surface area contributed by atoms with E-state index in [4.69, 9.17) is 4.74 Å². The zero-order valence-electron chi connectivity index (χ0n) is 9.41. The van der Waals surface area contributed by atoms with Crippen molar-refractivity contribution in [3.05, 3.63) is 66.2 Å². The van der Waals surface area contributed by atoms with Gasteiger partial charge in [-0.1, -0.05) is 48.5 Å². The number of para-hydroxylation sites is 2. The van der Waals surface area contributed by atoms with Crippen molar-refractivity contribution in [2.24, 2.45) is 0 Å². The van der Waals surface area contributed by atoms with Crippen LogP contribution < -0.4 is 4.74 Å². The minimum Gasteiger partial charge on any atom is -0.504 e. The third kappa shape index (κ3) is 3.38. The fourth-order valence-electron chi connectivity index (χ4n) is 1.47. The van der Waals surface area contributed by atoms with E-state index in [-0.39, 0.29) is 5.75 Å². The number of phenolic OH excluding ortho intramolecular Hbond substituents is 1. The van der Waals surface area contributed by atoms with E-state index in [0.717, 1.165) is 5.56 Å². The summed E-state index contributed by atoms with van der Waals surface area (Å²) in [4.78, 5) is 0. The standard InChI is InChI=1S/C15H14O2/c16-14-10-4-5-11-15(14)17-12-6-9-13-7-2-1-3-8-13/h1-11,16H,12H2/b9-6+. The van der Waals surface area contributed by atoms with Gasteiger partial charge in [0.1, 0.15) is 6.61 Å². The van der Waals surface area contributed by atoms with Gasteiger partial charge in [0.25, 0.3) is 0 Å². The molecule has 0 aromatic heterocycles. The van der Waals surface area contributed by atoms with Gasteiger partial charge in [-0.25, -0.2) is 0 Å². The van der Waals surface area contributed by atoms with Gasteiger partial charge in [-0.3, -0.25) is 0 Å². The summed E-state index contributed by atoms with van der Waals surface area (Å²) in [5.74, 6) is 0.672. The average Bonchev–Trinajstić information content (AvgIpc) is 2.38. The maximum atomic E-state index is 9.48. The third-order valence-electron chi connectivity index (χ3n) is 2.31. The van der Waals surface area contributed by atoms with Gasteiger partial charge in [0.2, 0.25) is 0 Å². The molecule has 86 valence electrons. The van der Waals surface area contributed by atoms with Crippen LogP contribution in [0.1, 0.15) is 5.56 Å². The molecule has 0 aliphatic carbocycles. The molecule has 2 aromatic rings. The van der Waals surface area contributed by atoms with Gasteiger partial charge in [0.05, 0.1) is 0 Å².